The highest BCUT2D eigenvalue weighted by molar-refractivity contribution is 5.16. The van der Waals surface area contributed by atoms with Crippen molar-refractivity contribution in [2.24, 2.45) is 39.7 Å². The Morgan fingerprint density at radius 1 is 0.783 bits per heavy atom. The molecule has 4 aliphatic carbocycles. The van der Waals surface area contributed by atoms with Crippen LogP contribution in [-0.4, -0.2) is 16.7 Å². The first kappa shape index (κ1) is 16.4. The second kappa shape index (κ2) is 4.75. The highest BCUT2D eigenvalue weighted by atomic mass is 16.3. The predicted octanol–water partition coefficient (Wildman–Crippen LogP) is 4.50. The summed E-state index contributed by atoms with van der Waals surface area (Å²) in [5, 5.41) is 10.3. The van der Waals surface area contributed by atoms with Gasteiger partial charge in [-0.15, -0.1) is 0 Å². The zero-order chi connectivity index (χ0) is 16.7. The number of rotatable bonds is 0. The maximum atomic E-state index is 10.3. The van der Waals surface area contributed by atoms with Crippen LogP contribution in [0.1, 0.15) is 85.5 Å². The number of hydrogen-bond donors (Lipinski definition) is 2. The molecule has 0 heterocycles. The molecule has 0 aromatic heterocycles. The molecule has 0 aromatic carbocycles. The summed E-state index contributed by atoms with van der Waals surface area (Å²) in [6.07, 6.45) is 11.2. The van der Waals surface area contributed by atoms with Crippen LogP contribution in [-0.2, 0) is 0 Å². The van der Waals surface area contributed by atoms with Crippen molar-refractivity contribution in [3.05, 3.63) is 0 Å². The van der Waals surface area contributed by atoms with Crippen molar-refractivity contribution in [2.75, 3.05) is 0 Å². The number of nitrogens with two attached hydrogens (primary N) is 1. The molecule has 132 valence electrons. The second-order valence-corrected chi connectivity index (χ2v) is 10.7. The summed E-state index contributed by atoms with van der Waals surface area (Å²) in [5.41, 5.74) is 7.94. The van der Waals surface area contributed by atoms with Crippen molar-refractivity contribution in [3.63, 3.8) is 0 Å². The topological polar surface area (TPSA) is 46.2 Å². The van der Waals surface area contributed by atoms with Crippen LogP contribution in [0.15, 0.2) is 0 Å². The molecule has 7 unspecified atom stereocenters. The lowest BCUT2D eigenvalue weighted by Crippen LogP contribution is -2.60. The van der Waals surface area contributed by atoms with E-state index in [1.165, 1.54) is 44.9 Å². The van der Waals surface area contributed by atoms with Gasteiger partial charge in [0.1, 0.15) is 0 Å². The van der Waals surface area contributed by atoms with Crippen molar-refractivity contribution in [1.29, 1.82) is 0 Å². The van der Waals surface area contributed by atoms with Gasteiger partial charge in [0.25, 0.3) is 0 Å². The Bertz CT molecular complexity index is 502. The molecule has 3 N–H and O–H groups in total. The molecule has 0 bridgehead atoms. The average Bonchev–Trinajstić information content (AvgIpc) is 2.71. The van der Waals surface area contributed by atoms with Gasteiger partial charge in [-0.3, -0.25) is 0 Å². The smallest absolute Gasteiger partial charge is 0.0545 e. The lowest BCUT2D eigenvalue weighted by Gasteiger charge is -2.65. The molecular weight excluding hydrogens is 282 g/mol. The van der Waals surface area contributed by atoms with Gasteiger partial charge in [-0.2, -0.15) is 0 Å². The van der Waals surface area contributed by atoms with Gasteiger partial charge >= 0.3 is 0 Å². The Balaban J connectivity index is 1.68. The zero-order valence-electron chi connectivity index (χ0n) is 15.7. The first-order valence-electron chi connectivity index (χ1n) is 10.1. The molecule has 0 saturated heterocycles. The molecule has 0 amide bonds. The van der Waals surface area contributed by atoms with Crippen LogP contribution in [0, 0.1) is 34.0 Å². The fourth-order valence-corrected chi connectivity index (χ4v) is 7.91. The minimum absolute atomic E-state index is 0.0348. The molecule has 0 radical (unpaired) electrons. The molecule has 0 aromatic rings. The van der Waals surface area contributed by atoms with E-state index in [-0.39, 0.29) is 11.6 Å². The van der Waals surface area contributed by atoms with Gasteiger partial charge in [0.05, 0.1) is 6.10 Å². The summed E-state index contributed by atoms with van der Waals surface area (Å²) < 4.78 is 0. The van der Waals surface area contributed by atoms with Crippen LogP contribution in [0.25, 0.3) is 0 Å². The average molecular weight is 320 g/mol. The van der Waals surface area contributed by atoms with Gasteiger partial charge in [0.15, 0.2) is 0 Å². The van der Waals surface area contributed by atoms with Gasteiger partial charge in [0.2, 0.25) is 0 Å². The van der Waals surface area contributed by atoms with Gasteiger partial charge in [-0.05, 0) is 98.7 Å². The molecule has 4 aliphatic rings. The molecule has 4 saturated carbocycles. The molecule has 2 heteroatoms. The maximum absolute atomic E-state index is 10.3. The summed E-state index contributed by atoms with van der Waals surface area (Å²) in [4.78, 5) is 0. The fraction of sp³-hybridized carbons (Fsp3) is 1.00. The summed E-state index contributed by atoms with van der Waals surface area (Å²) >= 11 is 0. The third-order valence-corrected chi connectivity index (χ3v) is 10.0. The molecule has 4 rings (SSSR count). The highest BCUT2D eigenvalue weighted by Gasteiger charge is 2.64. The Labute approximate surface area is 142 Å². The maximum Gasteiger partial charge on any atom is 0.0545 e. The number of aliphatic hydroxyl groups is 1. The van der Waals surface area contributed by atoms with Crippen LogP contribution in [0.5, 0.6) is 0 Å². The van der Waals surface area contributed by atoms with Crippen LogP contribution in [0.4, 0.5) is 0 Å². The van der Waals surface area contributed by atoms with Gasteiger partial charge in [-0.25, -0.2) is 0 Å². The quantitative estimate of drug-likeness (QED) is 0.690. The van der Waals surface area contributed by atoms with E-state index in [1.54, 1.807) is 0 Å². The van der Waals surface area contributed by atoms with Crippen molar-refractivity contribution < 1.29 is 5.11 Å². The van der Waals surface area contributed by atoms with Crippen LogP contribution < -0.4 is 5.73 Å². The van der Waals surface area contributed by atoms with E-state index < -0.39 is 0 Å². The molecule has 2 nitrogen and oxygen atoms in total. The summed E-state index contributed by atoms with van der Waals surface area (Å²) in [6.45, 7) is 9.89. The molecule has 0 spiro atoms. The highest BCUT2D eigenvalue weighted by Crippen LogP contribution is 2.70. The summed E-state index contributed by atoms with van der Waals surface area (Å²) in [6, 6.07) is 0. The minimum atomic E-state index is -0.0581. The number of aliphatic hydroxyl groups excluding tert-OH is 1. The van der Waals surface area contributed by atoms with Crippen molar-refractivity contribution >= 4 is 0 Å². The summed E-state index contributed by atoms with van der Waals surface area (Å²) in [5.74, 6) is 2.58. The van der Waals surface area contributed by atoms with Gasteiger partial charge in [0, 0.05) is 5.54 Å². The van der Waals surface area contributed by atoms with Gasteiger partial charge < -0.3 is 10.8 Å². The molecular formula is C21H37NO. The first-order chi connectivity index (χ1) is 10.6. The van der Waals surface area contributed by atoms with Crippen LogP contribution >= 0.6 is 0 Å². The molecule has 0 aliphatic heterocycles. The Morgan fingerprint density at radius 2 is 1.39 bits per heavy atom. The van der Waals surface area contributed by atoms with E-state index in [4.69, 9.17) is 5.73 Å². The Kier molecular flexibility index (Phi) is 3.39. The van der Waals surface area contributed by atoms with E-state index in [9.17, 15) is 5.11 Å². The standard InChI is InChI=1S/C21H37NO/c1-18-9-6-15-16(19(18,2)10-5-14(23)13-18)7-11-20(3)17(15)8-12-21(20,4)22/h14-17,23H,5-13,22H2,1-4H3/t14?,15?,16?,17?,18?,19?,20?,21-/m1/s1. The van der Waals surface area contributed by atoms with Gasteiger partial charge in [-0.1, -0.05) is 20.8 Å². The first-order valence-corrected chi connectivity index (χ1v) is 10.1. The predicted molar refractivity (Wildman–Crippen MR) is 94.9 cm³/mol. The number of fused-ring (bicyclic) bond motifs is 5. The normalized spacial score (nSPS) is 62.3. The molecule has 4 fully saturated rings. The van der Waals surface area contributed by atoms with Crippen LogP contribution in [0.3, 0.4) is 0 Å². The van der Waals surface area contributed by atoms with E-state index in [0.717, 1.165) is 30.6 Å². The summed E-state index contributed by atoms with van der Waals surface area (Å²) in [7, 11) is 0. The van der Waals surface area contributed by atoms with Crippen molar-refractivity contribution in [3.8, 4) is 0 Å². The van der Waals surface area contributed by atoms with Crippen molar-refractivity contribution in [1.82, 2.24) is 0 Å². The molecule has 23 heavy (non-hydrogen) atoms. The zero-order valence-corrected chi connectivity index (χ0v) is 15.7. The largest absolute Gasteiger partial charge is 0.393 e. The Hall–Kier alpha value is -0.0800. The second-order valence-electron chi connectivity index (χ2n) is 10.7. The van der Waals surface area contributed by atoms with E-state index in [0.29, 0.717) is 16.2 Å². The van der Waals surface area contributed by atoms with E-state index >= 15 is 0 Å². The van der Waals surface area contributed by atoms with E-state index in [1.807, 2.05) is 0 Å². The third-order valence-electron chi connectivity index (χ3n) is 10.0. The fourth-order valence-electron chi connectivity index (χ4n) is 7.91. The Morgan fingerprint density at radius 3 is 2.13 bits per heavy atom. The minimum Gasteiger partial charge on any atom is -0.393 e. The SMILES string of the molecule is CC12CCC3C(CCC4(C)C3CC[C@@]4(C)N)C1(C)CCC(O)C2. The third kappa shape index (κ3) is 1.94. The lowest BCUT2D eigenvalue weighted by molar-refractivity contribution is -0.170. The number of hydrogen-bond acceptors (Lipinski definition) is 2. The lowest BCUT2D eigenvalue weighted by atomic mass is 9.40. The van der Waals surface area contributed by atoms with Crippen LogP contribution in [0.2, 0.25) is 0 Å². The van der Waals surface area contributed by atoms with Crippen molar-refractivity contribution in [2.45, 2.75) is 97.1 Å². The van der Waals surface area contributed by atoms with E-state index in [2.05, 4.69) is 27.7 Å². The molecule has 8 atom stereocenters. The monoisotopic (exact) mass is 319 g/mol.